The van der Waals surface area contributed by atoms with Crippen LogP contribution in [0.25, 0.3) is 22.3 Å². The third-order valence-electron chi connectivity index (χ3n) is 4.64. The number of anilines is 1. The maximum atomic E-state index is 12.9. The van der Waals surface area contributed by atoms with Crippen molar-refractivity contribution in [2.45, 2.75) is 20.4 Å². The van der Waals surface area contributed by atoms with Gasteiger partial charge >= 0.3 is 0 Å². The van der Waals surface area contributed by atoms with Crippen molar-refractivity contribution >= 4 is 22.6 Å². The average molecular weight is 373 g/mol. The van der Waals surface area contributed by atoms with Crippen molar-refractivity contribution in [1.82, 2.24) is 9.78 Å². The summed E-state index contributed by atoms with van der Waals surface area (Å²) in [6.07, 6.45) is 3.33. The van der Waals surface area contributed by atoms with Gasteiger partial charge < -0.3 is 9.73 Å². The second-order valence-corrected chi connectivity index (χ2v) is 6.47. The first-order valence-electron chi connectivity index (χ1n) is 9.04. The number of hydrogen-bond acceptors (Lipinski definition) is 4. The van der Waals surface area contributed by atoms with E-state index in [1.165, 1.54) is 0 Å². The molecular weight excluding hydrogens is 354 g/mol. The minimum Gasteiger partial charge on any atom is -0.455 e. The van der Waals surface area contributed by atoms with Gasteiger partial charge in [0.1, 0.15) is 5.76 Å². The van der Waals surface area contributed by atoms with Crippen molar-refractivity contribution in [2.75, 3.05) is 5.32 Å². The van der Waals surface area contributed by atoms with E-state index in [4.69, 9.17) is 4.42 Å². The van der Waals surface area contributed by atoms with Crippen molar-refractivity contribution in [3.63, 3.8) is 0 Å². The average Bonchev–Trinajstić information content (AvgIpc) is 3.18. The predicted octanol–water partition coefficient (Wildman–Crippen LogP) is 4.24. The molecule has 0 atom stereocenters. The van der Waals surface area contributed by atoms with Gasteiger partial charge in [-0.05, 0) is 26.0 Å². The summed E-state index contributed by atoms with van der Waals surface area (Å²) in [5.41, 5.74) is 2.32. The minimum atomic E-state index is -0.354. The van der Waals surface area contributed by atoms with Crippen molar-refractivity contribution in [1.29, 1.82) is 0 Å². The first-order chi connectivity index (χ1) is 13.6. The number of benzene rings is 2. The standard InChI is InChI=1S/C22H19N3O3/c1-3-25-13-16(12-23-25)24-22(27)18-11-7-10-17-19(26)14(2)20(28-21(17)18)15-8-5-4-6-9-15/h4-13H,3H2,1-2H3,(H,24,27). The number of fused-ring (bicyclic) bond motifs is 1. The number of amides is 1. The van der Waals surface area contributed by atoms with Crippen molar-refractivity contribution in [3.8, 4) is 11.3 Å². The number of nitrogens with one attached hydrogen (secondary N) is 1. The molecule has 0 unspecified atom stereocenters. The monoisotopic (exact) mass is 373 g/mol. The van der Waals surface area contributed by atoms with Crippen LogP contribution in [0.4, 0.5) is 5.69 Å². The summed E-state index contributed by atoms with van der Waals surface area (Å²) in [4.78, 5) is 25.8. The summed E-state index contributed by atoms with van der Waals surface area (Å²) < 4.78 is 7.81. The molecule has 2 aromatic heterocycles. The van der Waals surface area contributed by atoms with Gasteiger partial charge in [0, 0.05) is 23.9 Å². The number of aromatic nitrogens is 2. The number of para-hydroxylation sites is 1. The fourth-order valence-corrected chi connectivity index (χ4v) is 3.15. The maximum absolute atomic E-state index is 12.9. The molecule has 6 heteroatoms. The second kappa shape index (κ2) is 7.15. The Bertz CT molecular complexity index is 1220. The molecule has 0 aliphatic rings. The van der Waals surface area contributed by atoms with Gasteiger partial charge in [-0.3, -0.25) is 14.3 Å². The van der Waals surface area contributed by atoms with E-state index in [2.05, 4.69) is 10.4 Å². The maximum Gasteiger partial charge on any atom is 0.259 e. The lowest BCUT2D eigenvalue weighted by molar-refractivity contribution is 0.102. The van der Waals surface area contributed by atoms with Gasteiger partial charge in [0.05, 0.1) is 22.8 Å². The zero-order chi connectivity index (χ0) is 19.7. The summed E-state index contributed by atoms with van der Waals surface area (Å²) in [7, 11) is 0. The zero-order valence-electron chi connectivity index (χ0n) is 15.6. The van der Waals surface area contributed by atoms with Crippen LogP contribution in [0, 0.1) is 6.92 Å². The van der Waals surface area contributed by atoms with E-state index < -0.39 is 0 Å². The number of hydrogen-bond donors (Lipinski definition) is 1. The Morgan fingerprint density at radius 3 is 2.64 bits per heavy atom. The SMILES string of the molecule is CCn1cc(NC(=O)c2cccc3c(=O)c(C)c(-c4ccccc4)oc23)cn1. The van der Waals surface area contributed by atoms with Crippen molar-refractivity contribution < 1.29 is 9.21 Å². The summed E-state index contributed by atoms with van der Waals surface area (Å²) in [6, 6.07) is 14.4. The number of nitrogens with zero attached hydrogens (tertiary/aromatic N) is 2. The van der Waals surface area contributed by atoms with Gasteiger partial charge in [-0.2, -0.15) is 5.10 Å². The van der Waals surface area contributed by atoms with E-state index in [0.29, 0.717) is 34.5 Å². The molecule has 0 saturated heterocycles. The highest BCUT2D eigenvalue weighted by Gasteiger charge is 2.18. The molecule has 0 saturated carbocycles. The van der Waals surface area contributed by atoms with Gasteiger partial charge in [-0.1, -0.05) is 36.4 Å². The van der Waals surface area contributed by atoms with E-state index >= 15 is 0 Å². The molecule has 0 aliphatic heterocycles. The molecular formula is C22H19N3O3. The number of rotatable bonds is 4. The fourth-order valence-electron chi connectivity index (χ4n) is 3.15. The largest absolute Gasteiger partial charge is 0.455 e. The molecule has 0 bridgehead atoms. The molecule has 0 fully saturated rings. The zero-order valence-corrected chi connectivity index (χ0v) is 15.6. The molecule has 2 heterocycles. The van der Waals surface area contributed by atoms with Crippen LogP contribution in [0.2, 0.25) is 0 Å². The van der Waals surface area contributed by atoms with Crippen LogP contribution >= 0.6 is 0 Å². The van der Waals surface area contributed by atoms with E-state index in [1.54, 1.807) is 42.2 Å². The van der Waals surface area contributed by atoms with Gasteiger partial charge in [-0.15, -0.1) is 0 Å². The number of carbonyl (C=O) groups excluding carboxylic acids is 1. The van der Waals surface area contributed by atoms with Gasteiger partial charge in [-0.25, -0.2) is 0 Å². The van der Waals surface area contributed by atoms with Crippen molar-refractivity contribution in [3.05, 3.63) is 82.3 Å². The van der Waals surface area contributed by atoms with Crippen LogP contribution in [0.15, 0.2) is 70.1 Å². The molecule has 1 amide bonds. The molecule has 6 nitrogen and oxygen atoms in total. The molecule has 1 N–H and O–H groups in total. The van der Waals surface area contributed by atoms with E-state index in [-0.39, 0.29) is 16.9 Å². The molecule has 0 spiro atoms. The Kier molecular flexibility index (Phi) is 4.53. The first-order valence-corrected chi connectivity index (χ1v) is 9.04. The quantitative estimate of drug-likeness (QED) is 0.580. The van der Waals surface area contributed by atoms with Crippen LogP contribution in [-0.2, 0) is 6.54 Å². The molecule has 4 rings (SSSR count). The highest BCUT2D eigenvalue weighted by molar-refractivity contribution is 6.11. The predicted molar refractivity (Wildman–Crippen MR) is 109 cm³/mol. The van der Waals surface area contributed by atoms with Crippen LogP contribution in [0.3, 0.4) is 0 Å². The summed E-state index contributed by atoms with van der Waals surface area (Å²) in [5.74, 6) is 0.115. The lowest BCUT2D eigenvalue weighted by Crippen LogP contribution is -2.14. The normalized spacial score (nSPS) is 10.9. The number of aryl methyl sites for hydroxylation is 1. The Morgan fingerprint density at radius 2 is 1.93 bits per heavy atom. The lowest BCUT2D eigenvalue weighted by Gasteiger charge is -2.10. The van der Waals surface area contributed by atoms with E-state index in [9.17, 15) is 9.59 Å². The molecule has 28 heavy (non-hydrogen) atoms. The molecule has 0 aliphatic carbocycles. The van der Waals surface area contributed by atoms with E-state index in [1.807, 2.05) is 37.3 Å². The summed E-state index contributed by atoms with van der Waals surface area (Å²) in [6.45, 7) is 4.41. The Morgan fingerprint density at radius 1 is 1.14 bits per heavy atom. The smallest absolute Gasteiger partial charge is 0.259 e. The second-order valence-electron chi connectivity index (χ2n) is 6.47. The fraction of sp³-hybridized carbons (Fsp3) is 0.136. The first kappa shape index (κ1) is 17.7. The molecule has 4 aromatic rings. The topological polar surface area (TPSA) is 77.1 Å². The van der Waals surface area contributed by atoms with Gasteiger partial charge in [0.2, 0.25) is 0 Å². The third kappa shape index (κ3) is 3.09. The Hall–Kier alpha value is -3.67. The summed E-state index contributed by atoms with van der Waals surface area (Å²) in [5, 5.41) is 7.35. The Labute approximate surface area is 161 Å². The number of carbonyl (C=O) groups is 1. The van der Waals surface area contributed by atoms with Crippen molar-refractivity contribution in [2.24, 2.45) is 0 Å². The third-order valence-corrected chi connectivity index (χ3v) is 4.64. The van der Waals surface area contributed by atoms with Gasteiger partial charge in [0.25, 0.3) is 5.91 Å². The van der Waals surface area contributed by atoms with Gasteiger partial charge in [0.15, 0.2) is 11.0 Å². The molecule has 140 valence electrons. The molecule has 2 aromatic carbocycles. The van der Waals surface area contributed by atoms with E-state index in [0.717, 1.165) is 5.56 Å². The van der Waals surface area contributed by atoms with Crippen LogP contribution < -0.4 is 10.7 Å². The van der Waals surface area contributed by atoms with Crippen LogP contribution in [0.5, 0.6) is 0 Å². The Balaban J connectivity index is 1.84. The lowest BCUT2D eigenvalue weighted by atomic mass is 10.0. The highest BCUT2D eigenvalue weighted by Crippen LogP contribution is 2.27. The van der Waals surface area contributed by atoms with Crippen LogP contribution in [0.1, 0.15) is 22.8 Å². The van der Waals surface area contributed by atoms with Crippen LogP contribution in [-0.4, -0.2) is 15.7 Å². The summed E-state index contributed by atoms with van der Waals surface area (Å²) >= 11 is 0. The minimum absolute atomic E-state index is 0.145. The highest BCUT2D eigenvalue weighted by atomic mass is 16.3. The molecule has 0 radical (unpaired) electrons.